The zero-order chi connectivity index (χ0) is 21.6. The van der Waals surface area contributed by atoms with E-state index < -0.39 is 0 Å². The molecule has 1 nitrogen and oxygen atoms in total. The SMILES string of the molecule is CCCCc1ccc(OCCC(CCC)CCCCc2cccc(C)c2)cc1CC. The van der Waals surface area contributed by atoms with Crippen LogP contribution in [0, 0.1) is 12.8 Å². The second-order valence-electron chi connectivity index (χ2n) is 8.91. The predicted molar refractivity (Wildman–Crippen MR) is 132 cm³/mol. The maximum Gasteiger partial charge on any atom is 0.119 e. The highest BCUT2D eigenvalue weighted by Crippen LogP contribution is 2.23. The molecule has 0 aliphatic rings. The summed E-state index contributed by atoms with van der Waals surface area (Å²) in [6.45, 7) is 9.85. The molecule has 0 bridgehead atoms. The first-order chi connectivity index (χ1) is 14.7. The third-order valence-electron chi connectivity index (χ3n) is 6.26. The van der Waals surface area contributed by atoms with Gasteiger partial charge in [0.2, 0.25) is 0 Å². The number of hydrogen-bond acceptors (Lipinski definition) is 1. The fourth-order valence-corrected chi connectivity index (χ4v) is 4.45. The number of benzene rings is 2. The minimum atomic E-state index is 0.794. The maximum absolute atomic E-state index is 6.17. The van der Waals surface area contributed by atoms with Crippen LogP contribution in [0.1, 0.15) is 94.4 Å². The van der Waals surface area contributed by atoms with E-state index in [0.717, 1.165) is 24.7 Å². The monoisotopic (exact) mass is 408 g/mol. The molecule has 0 spiro atoms. The first-order valence-corrected chi connectivity index (χ1v) is 12.5. The highest BCUT2D eigenvalue weighted by molar-refractivity contribution is 5.36. The topological polar surface area (TPSA) is 9.23 Å². The van der Waals surface area contributed by atoms with Crippen LogP contribution in [0.3, 0.4) is 0 Å². The van der Waals surface area contributed by atoms with E-state index in [4.69, 9.17) is 4.74 Å². The molecule has 0 heterocycles. The van der Waals surface area contributed by atoms with E-state index in [1.165, 1.54) is 86.5 Å². The molecule has 0 radical (unpaired) electrons. The van der Waals surface area contributed by atoms with E-state index in [1.807, 2.05) is 0 Å². The van der Waals surface area contributed by atoms with Crippen molar-refractivity contribution in [1.82, 2.24) is 0 Å². The van der Waals surface area contributed by atoms with Crippen molar-refractivity contribution in [3.8, 4) is 5.75 Å². The van der Waals surface area contributed by atoms with Gasteiger partial charge in [-0.2, -0.15) is 0 Å². The van der Waals surface area contributed by atoms with Crippen LogP contribution in [-0.2, 0) is 19.3 Å². The second-order valence-corrected chi connectivity index (χ2v) is 8.91. The molecule has 0 aromatic heterocycles. The van der Waals surface area contributed by atoms with Crippen molar-refractivity contribution in [3.05, 3.63) is 64.7 Å². The number of ether oxygens (including phenoxy) is 1. The molecular weight excluding hydrogens is 364 g/mol. The summed E-state index contributed by atoms with van der Waals surface area (Å²) in [7, 11) is 0. The van der Waals surface area contributed by atoms with Crippen molar-refractivity contribution in [3.63, 3.8) is 0 Å². The Balaban J connectivity index is 1.74. The average Bonchev–Trinajstić information content (AvgIpc) is 2.75. The summed E-state index contributed by atoms with van der Waals surface area (Å²) in [5.74, 6) is 1.85. The largest absolute Gasteiger partial charge is 0.494 e. The van der Waals surface area contributed by atoms with Gasteiger partial charge < -0.3 is 4.74 Å². The molecule has 0 aliphatic carbocycles. The predicted octanol–water partition coefficient (Wildman–Crippen LogP) is 8.50. The molecule has 166 valence electrons. The molecule has 0 fully saturated rings. The second kappa shape index (κ2) is 14.3. The van der Waals surface area contributed by atoms with Crippen molar-refractivity contribution in [1.29, 1.82) is 0 Å². The van der Waals surface area contributed by atoms with Crippen LogP contribution < -0.4 is 4.74 Å². The number of rotatable bonds is 15. The minimum absolute atomic E-state index is 0.794. The number of unbranched alkanes of at least 4 members (excludes halogenated alkanes) is 2. The molecule has 2 aromatic carbocycles. The highest BCUT2D eigenvalue weighted by atomic mass is 16.5. The number of hydrogen-bond donors (Lipinski definition) is 0. The molecule has 0 N–H and O–H groups in total. The van der Waals surface area contributed by atoms with Gasteiger partial charge in [-0.25, -0.2) is 0 Å². The van der Waals surface area contributed by atoms with Gasteiger partial charge in [-0.05, 0) is 80.2 Å². The van der Waals surface area contributed by atoms with E-state index in [9.17, 15) is 0 Å². The molecule has 1 unspecified atom stereocenters. The molecule has 0 saturated carbocycles. The molecule has 30 heavy (non-hydrogen) atoms. The minimum Gasteiger partial charge on any atom is -0.494 e. The van der Waals surface area contributed by atoms with Gasteiger partial charge in [0, 0.05) is 0 Å². The zero-order valence-corrected chi connectivity index (χ0v) is 20.0. The Morgan fingerprint density at radius 3 is 2.37 bits per heavy atom. The summed E-state index contributed by atoms with van der Waals surface area (Å²) in [5, 5.41) is 0. The molecular formula is C29H44O. The van der Waals surface area contributed by atoms with Crippen molar-refractivity contribution in [2.45, 2.75) is 98.3 Å². The van der Waals surface area contributed by atoms with Crippen LogP contribution in [0.5, 0.6) is 5.75 Å². The summed E-state index contributed by atoms with van der Waals surface area (Å²) in [6, 6.07) is 15.7. The summed E-state index contributed by atoms with van der Waals surface area (Å²) >= 11 is 0. The Labute approximate surface area is 186 Å². The van der Waals surface area contributed by atoms with Crippen LogP contribution in [0.25, 0.3) is 0 Å². The normalized spacial score (nSPS) is 12.1. The molecule has 0 amide bonds. The lowest BCUT2D eigenvalue weighted by molar-refractivity contribution is 0.262. The summed E-state index contributed by atoms with van der Waals surface area (Å²) < 4.78 is 6.17. The standard InChI is InChI=1S/C29H44O/c1-5-8-17-28-18-19-29(23-27(28)7-3)30-21-20-25(12-6-2)14-9-10-15-26-16-11-13-24(4)22-26/h11,13,16,18-19,22-23,25H,5-10,12,14-15,17,20-21H2,1-4H3. The fraction of sp³-hybridized carbons (Fsp3) is 0.586. The molecule has 1 heteroatoms. The van der Waals surface area contributed by atoms with Gasteiger partial charge in [-0.1, -0.05) is 88.8 Å². The first-order valence-electron chi connectivity index (χ1n) is 12.5. The lowest BCUT2D eigenvalue weighted by Crippen LogP contribution is -2.08. The molecule has 2 rings (SSSR count). The molecule has 1 atom stereocenters. The third kappa shape index (κ3) is 8.94. The Kier molecular flexibility index (Phi) is 11.7. The molecule has 2 aromatic rings. The van der Waals surface area contributed by atoms with Crippen LogP contribution in [0.15, 0.2) is 42.5 Å². The van der Waals surface area contributed by atoms with Gasteiger partial charge in [-0.3, -0.25) is 0 Å². The van der Waals surface area contributed by atoms with Crippen molar-refractivity contribution in [2.24, 2.45) is 5.92 Å². The van der Waals surface area contributed by atoms with Gasteiger partial charge in [0.25, 0.3) is 0 Å². The summed E-state index contributed by atoms with van der Waals surface area (Å²) in [4.78, 5) is 0. The average molecular weight is 409 g/mol. The smallest absolute Gasteiger partial charge is 0.119 e. The van der Waals surface area contributed by atoms with Gasteiger partial charge >= 0.3 is 0 Å². The summed E-state index contributed by atoms with van der Waals surface area (Å²) in [5.41, 5.74) is 5.82. The van der Waals surface area contributed by atoms with Crippen LogP contribution in [0.2, 0.25) is 0 Å². The van der Waals surface area contributed by atoms with Crippen molar-refractivity contribution < 1.29 is 4.74 Å². The Hall–Kier alpha value is -1.76. The van der Waals surface area contributed by atoms with Crippen LogP contribution in [0.4, 0.5) is 0 Å². The number of aryl methyl sites for hydroxylation is 4. The van der Waals surface area contributed by atoms with E-state index >= 15 is 0 Å². The quantitative estimate of drug-likeness (QED) is 0.268. The van der Waals surface area contributed by atoms with Crippen molar-refractivity contribution >= 4 is 0 Å². The lowest BCUT2D eigenvalue weighted by Gasteiger charge is -2.17. The first kappa shape index (κ1) is 24.5. The summed E-state index contributed by atoms with van der Waals surface area (Å²) in [6.07, 6.45) is 13.8. The van der Waals surface area contributed by atoms with E-state index in [2.05, 4.69) is 70.2 Å². The molecule has 0 aliphatic heterocycles. The van der Waals surface area contributed by atoms with Gasteiger partial charge in [0.15, 0.2) is 0 Å². The van der Waals surface area contributed by atoms with E-state index in [-0.39, 0.29) is 0 Å². The molecule has 0 saturated heterocycles. The maximum atomic E-state index is 6.17. The van der Waals surface area contributed by atoms with E-state index in [0.29, 0.717) is 0 Å². The van der Waals surface area contributed by atoms with Crippen LogP contribution >= 0.6 is 0 Å². The van der Waals surface area contributed by atoms with Crippen LogP contribution in [-0.4, -0.2) is 6.61 Å². The Morgan fingerprint density at radius 2 is 1.63 bits per heavy atom. The zero-order valence-electron chi connectivity index (χ0n) is 20.0. The fourth-order valence-electron chi connectivity index (χ4n) is 4.45. The Morgan fingerprint density at radius 1 is 0.767 bits per heavy atom. The Bertz CT molecular complexity index is 718. The lowest BCUT2D eigenvalue weighted by atomic mass is 9.93. The highest BCUT2D eigenvalue weighted by Gasteiger charge is 2.09. The van der Waals surface area contributed by atoms with E-state index in [1.54, 1.807) is 0 Å². The van der Waals surface area contributed by atoms with Crippen molar-refractivity contribution in [2.75, 3.05) is 6.61 Å². The van der Waals surface area contributed by atoms with Gasteiger partial charge in [-0.15, -0.1) is 0 Å². The third-order valence-corrected chi connectivity index (χ3v) is 6.26. The van der Waals surface area contributed by atoms with Gasteiger partial charge in [0.1, 0.15) is 5.75 Å². The van der Waals surface area contributed by atoms with Gasteiger partial charge in [0.05, 0.1) is 6.61 Å².